The van der Waals surface area contributed by atoms with Gasteiger partial charge in [-0.25, -0.2) is 8.42 Å². The van der Waals surface area contributed by atoms with E-state index in [1.807, 2.05) is 6.07 Å². The third kappa shape index (κ3) is 4.02. The van der Waals surface area contributed by atoms with Gasteiger partial charge in [-0.2, -0.15) is 0 Å². The Bertz CT molecular complexity index is 1340. The number of sulfonamides is 1. The maximum atomic E-state index is 13.0. The Morgan fingerprint density at radius 2 is 1.60 bits per heavy atom. The summed E-state index contributed by atoms with van der Waals surface area (Å²) in [4.78, 5) is 27.9. The molecule has 4 rings (SSSR count). The molecule has 0 aliphatic heterocycles. The van der Waals surface area contributed by atoms with Crippen molar-refractivity contribution in [1.29, 1.82) is 0 Å². The third-order valence-corrected chi connectivity index (χ3v) is 7.46. The fourth-order valence-corrected chi connectivity index (χ4v) is 5.73. The highest BCUT2D eigenvalue weighted by Gasteiger charge is 2.21. The second kappa shape index (κ2) is 7.92. The number of H-pyrrole nitrogens is 2. The van der Waals surface area contributed by atoms with Crippen LogP contribution in [0, 0.1) is 6.92 Å². The number of aromatic nitrogens is 2. The summed E-state index contributed by atoms with van der Waals surface area (Å²) >= 11 is 6.47. The van der Waals surface area contributed by atoms with E-state index in [0.717, 1.165) is 18.4 Å². The fraction of sp³-hybridized carbons (Fsp3) is 0.333. The minimum atomic E-state index is -3.94. The van der Waals surface area contributed by atoms with E-state index >= 15 is 0 Å². The number of nitrogens with one attached hydrogen (secondary N) is 3. The van der Waals surface area contributed by atoms with Crippen LogP contribution < -0.4 is 15.8 Å². The number of rotatable bonds is 4. The Hall–Kier alpha value is -2.58. The minimum absolute atomic E-state index is 0.00479. The van der Waals surface area contributed by atoms with Crippen molar-refractivity contribution in [3.05, 3.63) is 67.2 Å². The van der Waals surface area contributed by atoms with Crippen LogP contribution in [0.3, 0.4) is 0 Å². The molecule has 30 heavy (non-hydrogen) atoms. The lowest BCUT2D eigenvalue weighted by atomic mass is 9.84. The molecule has 7 nitrogen and oxygen atoms in total. The van der Waals surface area contributed by atoms with Gasteiger partial charge in [0.25, 0.3) is 10.0 Å². The zero-order valence-electron chi connectivity index (χ0n) is 16.4. The molecule has 0 unspecified atom stereocenters. The first kappa shape index (κ1) is 20.7. The average Bonchev–Trinajstić information content (AvgIpc) is 2.69. The molecule has 0 amide bonds. The minimum Gasteiger partial charge on any atom is -0.316 e. The summed E-state index contributed by atoms with van der Waals surface area (Å²) in [6.07, 6.45) is 5.81. The Balaban J connectivity index is 1.66. The molecule has 2 aromatic carbocycles. The third-order valence-electron chi connectivity index (χ3n) is 5.60. The quantitative estimate of drug-likeness (QED) is 0.524. The van der Waals surface area contributed by atoms with E-state index in [-0.39, 0.29) is 10.4 Å². The maximum Gasteiger partial charge on any atom is 0.314 e. The highest BCUT2D eigenvalue weighted by Crippen LogP contribution is 2.37. The Labute approximate surface area is 178 Å². The zero-order chi connectivity index (χ0) is 21.5. The molecule has 3 aromatic rings. The van der Waals surface area contributed by atoms with E-state index in [0.29, 0.717) is 27.7 Å². The second-order valence-electron chi connectivity index (χ2n) is 7.75. The Kier molecular flexibility index (Phi) is 5.46. The van der Waals surface area contributed by atoms with Gasteiger partial charge in [0.15, 0.2) is 0 Å². The number of halogens is 1. The van der Waals surface area contributed by atoms with Gasteiger partial charge in [0, 0.05) is 5.02 Å². The summed E-state index contributed by atoms with van der Waals surface area (Å²) < 4.78 is 28.6. The normalized spacial score (nSPS) is 15.4. The summed E-state index contributed by atoms with van der Waals surface area (Å²) in [5.41, 5.74) is 0.822. The summed E-state index contributed by atoms with van der Waals surface area (Å²) in [7, 11) is -3.94. The molecule has 1 aliphatic carbocycles. The molecule has 0 saturated heterocycles. The number of hydrogen-bond donors (Lipinski definition) is 3. The molecule has 1 aliphatic rings. The molecule has 1 fully saturated rings. The highest BCUT2D eigenvalue weighted by molar-refractivity contribution is 7.92. The van der Waals surface area contributed by atoms with Gasteiger partial charge >= 0.3 is 11.1 Å². The topological polar surface area (TPSA) is 112 Å². The molecule has 0 bridgehead atoms. The van der Waals surface area contributed by atoms with Gasteiger partial charge in [-0.15, -0.1) is 0 Å². The van der Waals surface area contributed by atoms with Crippen LogP contribution in [-0.2, 0) is 10.0 Å². The van der Waals surface area contributed by atoms with Crippen LogP contribution in [-0.4, -0.2) is 18.4 Å². The number of benzene rings is 2. The molecule has 0 radical (unpaired) electrons. The predicted octanol–water partition coefficient (Wildman–Crippen LogP) is 4.03. The van der Waals surface area contributed by atoms with Crippen molar-refractivity contribution < 1.29 is 8.42 Å². The van der Waals surface area contributed by atoms with Gasteiger partial charge in [-0.3, -0.25) is 14.3 Å². The lowest BCUT2D eigenvalue weighted by Crippen LogP contribution is -2.29. The largest absolute Gasteiger partial charge is 0.316 e. The zero-order valence-corrected chi connectivity index (χ0v) is 18.0. The van der Waals surface area contributed by atoms with E-state index < -0.39 is 21.1 Å². The number of aromatic amines is 2. The number of hydrogen-bond acceptors (Lipinski definition) is 4. The van der Waals surface area contributed by atoms with Gasteiger partial charge in [-0.1, -0.05) is 36.9 Å². The first-order valence-electron chi connectivity index (χ1n) is 9.84. The van der Waals surface area contributed by atoms with Crippen molar-refractivity contribution in [3.8, 4) is 0 Å². The van der Waals surface area contributed by atoms with Crippen LogP contribution in [0.1, 0.15) is 49.1 Å². The molecule has 0 atom stereocenters. The van der Waals surface area contributed by atoms with Crippen LogP contribution in [0.4, 0.5) is 5.69 Å². The van der Waals surface area contributed by atoms with Crippen LogP contribution in [0.5, 0.6) is 0 Å². The lowest BCUT2D eigenvalue weighted by molar-refractivity contribution is 0.444. The summed E-state index contributed by atoms with van der Waals surface area (Å²) in [5.74, 6) is 0.415. The van der Waals surface area contributed by atoms with E-state index in [1.54, 1.807) is 19.1 Å². The van der Waals surface area contributed by atoms with Crippen LogP contribution in [0.25, 0.3) is 11.0 Å². The van der Waals surface area contributed by atoms with Gasteiger partial charge in [0.2, 0.25) is 0 Å². The maximum absolute atomic E-state index is 13.0. The van der Waals surface area contributed by atoms with Gasteiger partial charge in [0.05, 0.1) is 21.6 Å². The smallest absolute Gasteiger partial charge is 0.314 e. The van der Waals surface area contributed by atoms with Crippen LogP contribution in [0.2, 0.25) is 5.02 Å². The van der Waals surface area contributed by atoms with E-state index in [9.17, 15) is 18.0 Å². The monoisotopic (exact) mass is 447 g/mol. The van der Waals surface area contributed by atoms with Crippen molar-refractivity contribution in [2.75, 3.05) is 4.72 Å². The van der Waals surface area contributed by atoms with Crippen molar-refractivity contribution in [3.63, 3.8) is 0 Å². The summed E-state index contributed by atoms with van der Waals surface area (Å²) in [5, 5.41) is 0.555. The standard InChI is InChI=1S/C21H22ClN3O4S/c1-12-9-17-18(24-21(27)20(26)23-17)11-19(12)30(28,29)25-14-7-8-15(16(22)10-14)13-5-3-2-4-6-13/h7-11,13,25H,2-6H2,1H3,(H,23,26)(H,24,27). The Morgan fingerprint density at radius 1 is 0.967 bits per heavy atom. The van der Waals surface area contributed by atoms with E-state index in [2.05, 4.69) is 14.7 Å². The average molecular weight is 448 g/mol. The van der Waals surface area contributed by atoms with E-state index in [4.69, 9.17) is 11.6 Å². The number of fused-ring (bicyclic) bond motifs is 1. The van der Waals surface area contributed by atoms with Crippen molar-refractivity contribution in [1.82, 2.24) is 9.97 Å². The molecule has 1 saturated carbocycles. The van der Waals surface area contributed by atoms with Crippen molar-refractivity contribution >= 4 is 38.3 Å². The molecule has 1 heterocycles. The van der Waals surface area contributed by atoms with E-state index in [1.165, 1.54) is 31.4 Å². The Morgan fingerprint density at radius 3 is 2.23 bits per heavy atom. The van der Waals surface area contributed by atoms with Crippen LogP contribution >= 0.6 is 11.6 Å². The molecule has 158 valence electrons. The van der Waals surface area contributed by atoms with Gasteiger partial charge < -0.3 is 9.97 Å². The first-order valence-corrected chi connectivity index (χ1v) is 11.7. The molecular formula is C21H22ClN3O4S. The highest BCUT2D eigenvalue weighted by atomic mass is 35.5. The number of anilines is 1. The molecule has 3 N–H and O–H groups in total. The van der Waals surface area contributed by atoms with Gasteiger partial charge in [-0.05, 0) is 61.1 Å². The molecule has 1 aromatic heterocycles. The molecule has 0 spiro atoms. The second-order valence-corrected chi connectivity index (χ2v) is 9.81. The predicted molar refractivity (Wildman–Crippen MR) is 118 cm³/mol. The molecule has 9 heteroatoms. The van der Waals surface area contributed by atoms with Crippen molar-refractivity contribution in [2.45, 2.75) is 49.8 Å². The summed E-state index contributed by atoms with van der Waals surface area (Å²) in [6, 6.07) is 8.11. The van der Waals surface area contributed by atoms with Gasteiger partial charge in [0.1, 0.15) is 0 Å². The SMILES string of the molecule is Cc1cc2[nH]c(=O)c(=O)[nH]c2cc1S(=O)(=O)Nc1ccc(C2CCCCC2)c(Cl)c1. The summed E-state index contributed by atoms with van der Waals surface area (Å²) in [6.45, 7) is 1.62. The first-order chi connectivity index (χ1) is 14.2. The molecular weight excluding hydrogens is 426 g/mol. The lowest BCUT2D eigenvalue weighted by Gasteiger charge is -2.23. The van der Waals surface area contributed by atoms with Crippen molar-refractivity contribution in [2.24, 2.45) is 0 Å². The fourth-order valence-electron chi connectivity index (χ4n) is 4.09. The van der Waals surface area contributed by atoms with Crippen LogP contribution in [0.15, 0.2) is 44.8 Å². The number of aryl methyl sites for hydroxylation is 1.